The third-order valence-electron chi connectivity index (χ3n) is 2.69. The minimum atomic E-state index is -0.759. The summed E-state index contributed by atoms with van der Waals surface area (Å²) >= 11 is 0. The van der Waals surface area contributed by atoms with E-state index in [2.05, 4.69) is 4.98 Å². The SMILES string of the molecule is COc1cc(C(C(=O)O)C2CC2)ccn1. The molecule has 1 N–H and O–H groups in total. The summed E-state index contributed by atoms with van der Waals surface area (Å²) in [5.41, 5.74) is 0.789. The lowest BCUT2D eigenvalue weighted by molar-refractivity contribution is -0.139. The van der Waals surface area contributed by atoms with Crippen LogP contribution in [-0.4, -0.2) is 23.2 Å². The van der Waals surface area contributed by atoms with Crippen LogP contribution in [0.1, 0.15) is 24.3 Å². The second kappa shape index (κ2) is 3.88. The van der Waals surface area contributed by atoms with Crippen molar-refractivity contribution in [3.05, 3.63) is 23.9 Å². The van der Waals surface area contributed by atoms with Gasteiger partial charge in [0.1, 0.15) is 0 Å². The molecule has 2 rings (SSSR count). The average molecular weight is 207 g/mol. The van der Waals surface area contributed by atoms with Gasteiger partial charge in [-0.3, -0.25) is 4.79 Å². The van der Waals surface area contributed by atoms with Gasteiger partial charge in [-0.25, -0.2) is 4.98 Å². The topological polar surface area (TPSA) is 59.4 Å². The van der Waals surface area contributed by atoms with Gasteiger partial charge in [0.2, 0.25) is 5.88 Å². The van der Waals surface area contributed by atoms with Gasteiger partial charge in [0, 0.05) is 12.3 Å². The number of aliphatic carboxylic acids is 1. The first-order valence-electron chi connectivity index (χ1n) is 4.95. The smallest absolute Gasteiger partial charge is 0.311 e. The summed E-state index contributed by atoms with van der Waals surface area (Å²) in [6.07, 6.45) is 3.59. The molecule has 1 saturated carbocycles. The van der Waals surface area contributed by atoms with Crippen LogP contribution in [0.5, 0.6) is 5.88 Å². The molecule has 4 nitrogen and oxygen atoms in total. The zero-order chi connectivity index (χ0) is 10.8. The third-order valence-corrected chi connectivity index (χ3v) is 2.69. The van der Waals surface area contributed by atoms with Crippen molar-refractivity contribution in [1.82, 2.24) is 4.98 Å². The Labute approximate surface area is 87.9 Å². The Kier molecular flexibility index (Phi) is 2.58. The number of ether oxygens (including phenoxy) is 1. The Balaban J connectivity index is 2.28. The molecule has 0 aliphatic heterocycles. The summed E-state index contributed by atoms with van der Waals surface area (Å²) in [7, 11) is 1.53. The fourth-order valence-corrected chi connectivity index (χ4v) is 1.78. The van der Waals surface area contributed by atoms with Crippen LogP contribution in [-0.2, 0) is 4.79 Å². The van der Waals surface area contributed by atoms with Crippen molar-refractivity contribution in [2.24, 2.45) is 5.92 Å². The van der Waals surface area contributed by atoms with Crippen molar-refractivity contribution >= 4 is 5.97 Å². The van der Waals surface area contributed by atoms with E-state index in [1.807, 2.05) is 0 Å². The number of methoxy groups -OCH3 is 1. The Morgan fingerprint density at radius 2 is 2.40 bits per heavy atom. The van der Waals surface area contributed by atoms with Crippen molar-refractivity contribution in [2.75, 3.05) is 7.11 Å². The number of carboxylic acid groups (broad SMARTS) is 1. The lowest BCUT2D eigenvalue weighted by Crippen LogP contribution is -2.13. The van der Waals surface area contributed by atoms with E-state index in [9.17, 15) is 4.79 Å². The number of carboxylic acids is 1. The molecule has 1 aliphatic carbocycles. The molecule has 0 bridgehead atoms. The molecule has 1 unspecified atom stereocenters. The van der Waals surface area contributed by atoms with Gasteiger partial charge in [-0.05, 0) is 30.4 Å². The molecular formula is C11H13NO3. The molecule has 1 atom stereocenters. The van der Waals surface area contributed by atoms with Gasteiger partial charge in [0.05, 0.1) is 13.0 Å². The molecule has 1 aromatic rings. The van der Waals surface area contributed by atoms with Crippen LogP contribution in [0.25, 0.3) is 0 Å². The molecule has 0 spiro atoms. The summed E-state index contributed by atoms with van der Waals surface area (Å²) in [5.74, 6) is -0.401. The number of hydrogen-bond acceptors (Lipinski definition) is 3. The summed E-state index contributed by atoms with van der Waals surface area (Å²) in [6.45, 7) is 0. The van der Waals surface area contributed by atoms with E-state index in [4.69, 9.17) is 9.84 Å². The Bertz CT molecular complexity index is 374. The minimum absolute atomic E-state index is 0.287. The fourth-order valence-electron chi connectivity index (χ4n) is 1.78. The molecular weight excluding hydrogens is 194 g/mol. The van der Waals surface area contributed by atoms with Gasteiger partial charge in [0.15, 0.2) is 0 Å². The van der Waals surface area contributed by atoms with E-state index in [1.165, 1.54) is 7.11 Å². The zero-order valence-electron chi connectivity index (χ0n) is 8.51. The second-order valence-corrected chi connectivity index (χ2v) is 3.78. The van der Waals surface area contributed by atoms with Crippen LogP contribution in [0.4, 0.5) is 0 Å². The molecule has 1 aromatic heterocycles. The van der Waals surface area contributed by atoms with Gasteiger partial charge in [-0.2, -0.15) is 0 Å². The van der Waals surface area contributed by atoms with Crippen molar-refractivity contribution in [1.29, 1.82) is 0 Å². The summed E-state index contributed by atoms with van der Waals surface area (Å²) in [5, 5.41) is 9.14. The molecule has 1 fully saturated rings. The van der Waals surface area contributed by atoms with E-state index in [0.29, 0.717) is 5.88 Å². The molecule has 1 heterocycles. The molecule has 0 aromatic carbocycles. The van der Waals surface area contributed by atoms with E-state index in [1.54, 1.807) is 18.3 Å². The normalized spacial score (nSPS) is 17.1. The predicted molar refractivity (Wildman–Crippen MR) is 53.9 cm³/mol. The highest BCUT2D eigenvalue weighted by Crippen LogP contribution is 2.43. The van der Waals surface area contributed by atoms with E-state index in [-0.39, 0.29) is 5.92 Å². The average Bonchev–Trinajstić information content (AvgIpc) is 3.02. The maximum Gasteiger partial charge on any atom is 0.311 e. The van der Waals surface area contributed by atoms with Gasteiger partial charge < -0.3 is 9.84 Å². The maximum absolute atomic E-state index is 11.1. The summed E-state index contributed by atoms with van der Waals surface area (Å²) in [4.78, 5) is 15.1. The van der Waals surface area contributed by atoms with Crippen molar-refractivity contribution in [3.63, 3.8) is 0 Å². The van der Waals surface area contributed by atoms with Crippen LogP contribution in [0.3, 0.4) is 0 Å². The number of hydrogen-bond donors (Lipinski definition) is 1. The van der Waals surface area contributed by atoms with E-state index < -0.39 is 11.9 Å². The largest absolute Gasteiger partial charge is 0.481 e. The lowest BCUT2D eigenvalue weighted by Gasteiger charge is -2.11. The number of nitrogens with zero attached hydrogens (tertiary/aromatic N) is 1. The van der Waals surface area contributed by atoms with Crippen molar-refractivity contribution in [2.45, 2.75) is 18.8 Å². The molecule has 1 aliphatic rings. The second-order valence-electron chi connectivity index (χ2n) is 3.78. The Morgan fingerprint density at radius 1 is 1.67 bits per heavy atom. The molecule has 15 heavy (non-hydrogen) atoms. The first-order chi connectivity index (χ1) is 7.22. The first kappa shape index (κ1) is 9.96. The highest BCUT2D eigenvalue weighted by atomic mass is 16.5. The lowest BCUT2D eigenvalue weighted by atomic mass is 9.95. The maximum atomic E-state index is 11.1. The Morgan fingerprint density at radius 3 is 2.93 bits per heavy atom. The molecule has 4 heteroatoms. The number of pyridine rings is 1. The minimum Gasteiger partial charge on any atom is -0.481 e. The Hall–Kier alpha value is -1.58. The summed E-state index contributed by atoms with van der Waals surface area (Å²) in [6, 6.07) is 3.46. The van der Waals surface area contributed by atoms with Crippen molar-refractivity contribution < 1.29 is 14.6 Å². The summed E-state index contributed by atoms with van der Waals surface area (Å²) < 4.78 is 4.98. The number of aromatic nitrogens is 1. The van der Waals surface area contributed by atoms with Crippen LogP contribution in [0.15, 0.2) is 18.3 Å². The van der Waals surface area contributed by atoms with E-state index >= 15 is 0 Å². The van der Waals surface area contributed by atoms with Crippen LogP contribution >= 0.6 is 0 Å². The molecule has 0 radical (unpaired) electrons. The van der Waals surface area contributed by atoms with Gasteiger partial charge in [0.25, 0.3) is 0 Å². The highest BCUT2D eigenvalue weighted by molar-refractivity contribution is 5.77. The molecule has 0 saturated heterocycles. The standard InChI is InChI=1S/C11H13NO3/c1-15-9-6-8(4-5-12-9)10(11(13)14)7-2-3-7/h4-7,10H,2-3H2,1H3,(H,13,14). The van der Waals surface area contributed by atoms with Crippen LogP contribution in [0, 0.1) is 5.92 Å². The highest BCUT2D eigenvalue weighted by Gasteiger charge is 2.37. The molecule has 80 valence electrons. The van der Waals surface area contributed by atoms with Gasteiger partial charge in [-0.15, -0.1) is 0 Å². The first-order valence-corrected chi connectivity index (χ1v) is 4.95. The quantitative estimate of drug-likeness (QED) is 0.815. The number of carbonyl (C=O) groups is 1. The monoisotopic (exact) mass is 207 g/mol. The van der Waals surface area contributed by atoms with Gasteiger partial charge in [-0.1, -0.05) is 0 Å². The van der Waals surface area contributed by atoms with Crippen LogP contribution < -0.4 is 4.74 Å². The van der Waals surface area contributed by atoms with E-state index in [0.717, 1.165) is 18.4 Å². The van der Waals surface area contributed by atoms with Crippen LogP contribution in [0.2, 0.25) is 0 Å². The molecule has 0 amide bonds. The zero-order valence-corrected chi connectivity index (χ0v) is 8.51. The fraction of sp³-hybridized carbons (Fsp3) is 0.455. The van der Waals surface area contributed by atoms with Crippen molar-refractivity contribution in [3.8, 4) is 5.88 Å². The number of rotatable bonds is 4. The predicted octanol–water partition coefficient (Wildman–Crippen LogP) is 1.67. The van der Waals surface area contributed by atoms with Gasteiger partial charge >= 0.3 is 5.97 Å². The third kappa shape index (κ3) is 2.09.